The van der Waals surface area contributed by atoms with Crippen LogP contribution in [0, 0.1) is 11.7 Å². The van der Waals surface area contributed by atoms with Gasteiger partial charge in [-0.05, 0) is 32.1 Å². The van der Waals surface area contributed by atoms with Gasteiger partial charge in [-0.3, -0.25) is 0 Å². The van der Waals surface area contributed by atoms with Crippen LogP contribution < -0.4 is 0 Å². The minimum absolute atomic E-state index is 0.213. The predicted molar refractivity (Wildman–Crippen MR) is 81.7 cm³/mol. The minimum atomic E-state index is -0.292. The molecule has 1 heterocycles. The molecule has 0 aliphatic carbocycles. The van der Waals surface area contributed by atoms with Gasteiger partial charge in [0.15, 0.2) is 5.82 Å². The summed E-state index contributed by atoms with van der Waals surface area (Å²) in [6, 6.07) is 5.28. The third-order valence-corrected chi connectivity index (χ3v) is 3.76. The van der Waals surface area contributed by atoms with Crippen molar-refractivity contribution in [2.45, 2.75) is 25.8 Å². The second-order valence-electron chi connectivity index (χ2n) is 5.71. The van der Waals surface area contributed by atoms with Crippen molar-refractivity contribution in [2.75, 3.05) is 20.6 Å². The number of aromatic nitrogens is 2. The van der Waals surface area contributed by atoms with Gasteiger partial charge in [0.25, 0.3) is 0 Å². The largest absolute Gasteiger partial charge is 0.322 e. The van der Waals surface area contributed by atoms with Crippen molar-refractivity contribution in [1.29, 1.82) is 0 Å². The van der Waals surface area contributed by atoms with E-state index in [0.717, 1.165) is 17.9 Å². The number of fused-ring (bicyclic) bond motifs is 1. The predicted octanol–water partition coefficient (Wildman–Crippen LogP) is 3.67. The topological polar surface area (TPSA) is 21.1 Å². The average Bonchev–Trinajstić information content (AvgIpc) is 2.75. The maximum absolute atomic E-state index is 13.9. The first kappa shape index (κ1) is 15.3. The van der Waals surface area contributed by atoms with Gasteiger partial charge in [0.1, 0.15) is 11.3 Å². The molecule has 3 nitrogen and oxygen atoms in total. The van der Waals surface area contributed by atoms with Gasteiger partial charge in [0.05, 0.1) is 17.4 Å². The van der Waals surface area contributed by atoms with Gasteiger partial charge in [-0.2, -0.15) is 0 Å². The van der Waals surface area contributed by atoms with Crippen molar-refractivity contribution >= 4 is 22.6 Å². The highest BCUT2D eigenvalue weighted by Crippen LogP contribution is 2.28. The molecule has 1 unspecified atom stereocenters. The van der Waals surface area contributed by atoms with E-state index in [2.05, 4.69) is 28.3 Å². The number of rotatable bonds is 5. The van der Waals surface area contributed by atoms with Crippen LogP contribution in [0.2, 0.25) is 0 Å². The lowest BCUT2D eigenvalue weighted by molar-refractivity contribution is 0.270. The maximum atomic E-state index is 13.9. The molecular weight excluding hydrogens is 277 g/mol. The van der Waals surface area contributed by atoms with E-state index in [4.69, 9.17) is 11.6 Å². The monoisotopic (exact) mass is 297 g/mol. The molecule has 110 valence electrons. The highest BCUT2D eigenvalue weighted by atomic mass is 35.5. The van der Waals surface area contributed by atoms with Crippen molar-refractivity contribution in [3.8, 4) is 0 Å². The number of imidazole rings is 1. The molecule has 0 radical (unpaired) electrons. The molecule has 1 aromatic carbocycles. The van der Waals surface area contributed by atoms with Crippen LogP contribution in [-0.2, 0) is 5.88 Å². The Balaban J connectivity index is 2.63. The van der Waals surface area contributed by atoms with Gasteiger partial charge in [-0.25, -0.2) is 9.37 Å². The number of hydrogen-bond acceptors (Lipinski definition) is 2. The van der Waals surface area contributed by atoms with Gasteiger partial charge in [-0.15, -0.1) is 11.6 Å². The number of alkyl halides is 1. The van der Waals surface area contributed by atoms with Gasteiger partial charge < -0.3 is 9.47 Å². The van der Waals surface area contributed by atoms with E-state index in [1.165, 1.54) is 6.07 Å². The highest BCUT2D eigenvalue weighted by Gasteiger charge is 2.23. The molecule has 0 spiro atoms. The van der Waals surface area contributed by atoms with E-state index < -0.39 is 0 Å². The molecule has 0 saturated heterocycles. The first-order chi connectivity index (χ1) is 9.45. The van der Waals surface area contributed by atoms with Crippen LogP contribution in [0.5, 0.6) is 0 Å². The Labute approximate surface area is 124 Å². The summed E-state index contributed by atoms with van der Waals surface area (Å²) in [5, 5.41) is 0. The molecule has 5 heteroatoms. The lowest BCUT2D eigenvalue weighted by Crippen LogP contribution is -2.29. The first-order valence-electron chi connectivity index (χ1n) is 6.81. The Morgan fingerprint density at radius 1 is 1.35 bits per heavy atom. The van der Waals surface area contributed by atoms with Crippen molar-refractivity contribution in [3.63, 3.8) is 0 Å². The fourth-order valence-electron chi connectivity index (χ4n) is 2.56. The Kier molecular flexibility index (Phi) is 4.66. The van der Waals surface area contributed by atoms with Gasteiger partial charge in [-0.1, -0.05) is 19.9 Å². The molecule has 0 amide bonds. The van der Waals surface area contributed by atoms with E-state index in [0.29, 0.717) is 11.4 Å². The zero-order valence-electron chi connectivity index (χ0n) is 12.4. The van der Waals surface area contributed by atoms with Crippen molar-refractivity contribution < 1.29 is 4.39 Å². The number of hydrogen-bond donors (Lipinski definition) is 0. The summed E-state index contributed by atoms with van der Waals surface area (Å²) in [6.45, 7) is 5.19. The second kappa shape index (κ2) is 6.10. The smallest absolute Gasteiger partial charge is 0.151 e. The highest BCUT2D eigenvalue weighted by molar-refractivity contribution is 6.16. The lowest BCUT2D eigenvalue weighted by Gasteiger charge is -2.28. The van der Waals surface area contributed by atoms with Gasteiger partial charge >= 0.3 is 0 Å². The average molecular weight is 298 g/mol. The van der Waals surface area contributed by atoms with E-state index in [1.807, 2.05) is 20.2 Å². The van der Waals surface area contributed by atoms with Crippen LogP contribution in [0.25, 0.3) is 11.0 Å². The van der Waals surface area contributed by atoms with Crippen molar-refractivity contribution in [1.82, 2.24) is 14.5 Å². The van der Waals surface area contributed by atoms with Crippen molar-refractivity contribution in [2.24, 2.45) is 5.92 Å². The van der Waals surface area contributed by atoms with E-state index in [1.54, 1.807) is 6.07 Å². The number of halogens is 2. The Morgan fingerprint density at radius 3 is 2.60 bits per heavy atom. The number of likely N-dealkylation sites (N-methyl/N-ethyl adjacent to an activating group) is 1. The molecule has 0 aliphatic heterocycles. The number of nitrogens with zero attached hydrogens (tertiary/aromatic N) is 3. The van der Waals surface area contributed by atoms with Crippen molar-refractivity contribution in [3.05, 3.63) is 29.8 Å². The van der Waals surface area contributed by atoms with E-state index in [-0.39, 0.29) is 17.7 Å². The Bertz CT molecular complexity index is 592. The molecule has 0 fully saturated rings. The molecule has 1 atom stereocenters. The summed E-state index contributed by atoms with van der Waals surface area (Å²) in [5.74, 6) is 1.12. The first-order valence-corrected chi connectivity index (χ1v) is 7.35. The molecule has 0 saturated carbocycles. The lowest BCUT2D eigenvalue weighted by atomic mass is 10.0. The van der Waals surface area contributed by atoms with Gasteiger partial charge in [0.2, 0.25) is 0 Å². The fourth-order valence-corrected chi connectivity index (χ4v) is 2.75. The Morgan fingerprint density at radius 2 is 2.05 bits per heavy atom. The van der Waals surface area contributed by atoms with Crippen LogP contribution >= 0.6 is 11.6 Å². The molecular formula is C15H21ClFN3. The summed E-state index contributed by atoms with van der Waals surface area (Å²) in [7, 11) is 4.07. The third-order valence-electron chi connectivity index (χ3n) is 3.52. The summed E-state index contributed by atoms with van der Waals surface area (Å²) in [6.07, 6.45) is 0. The van der Waals surface area contributed by atoms with Crippen LogP contribution in [0.15, 0.2) is 18.2 Å². The summed E-state index contributed by atoms with van der Waals surface area (Å²) >= 11 is 6.02. The molecule has 0 aliphatic rings. The summed E-state index contributed by atoms with van der Waals surface area (Å²) in [4.78, 5) is 6.51. The molecule has 0 bridgehead atoms. The maximum Gasteiger partial charge on any atom is 0.151 e. The number of benzene rings is 1. The normalized spacial score (nSPS) is 13.6. The van der Waals surface area contributed by atoms with Crippen LogP contribution in [-0.4, -0.2) is 35.1 Å². The summed E-state index contributed by atoms with van der Waals surface area (Å²) < 4.78 is 16.0. The molecule has 2 aromatic rings. The van der Waals surface area contributed by atoms with Crippen LogP contribution in [0.4, 0.5) is 4.39 Å². The molecule has 0 N–H and O–H groups in total. The Hall–Kier alpha value is -1.13. The van der Waals surface area contributed by atoms with Gasteiger partial charge in [0, 0.05) is 6.54 Å². The fraction of sp³-hybridized carbons (Fsp3) is 0.533. The van der Waals surface area contributed by atoms with Crippen LogP contribution in [0.1, 0.15) is 25.7 Å². The second-order valence-corrected chi connectivity index (χ2v) is 5.98. The van der Waals surface area contributed by atoms with E-state index in [9.17, 15) is 4.39 Å². The van der Waals surface area contributed by atoms with E-state index >= 15 is 0 Å². The zero-order valence-corrected chi connectivity index (χ0v) is 13.2. The summed E-state index contributed by atoms with van der Waals surface area (Å²) in [5.41, 5.74) is 1.23. The number of para-hydroxylation sites is 1. The zero-order chi connectivity index (χ0) is 14.9. The SMILES string of the molecule is CC(C)C(CN(C)C)n1c(CCl)nc2c(F)cccc21. The minimum Gasteiger partial charge on any atom is -0.322 e. The molecule has 20 heavy (non-hydrogen) atoms. The van der Waals surface area contributed by atoms with Crippen LogP contribution in [0.3, 0.4) is 0 Å². The standard InChI is InChI=1S/C15H21ClFN3/c1-10(2)13(9-19(3)4)20-12-7-5-6-11(17)15(12)18-14(20)8-16/h5-7,10,13H,8-9H2,1-4H3. The molecule has 1 aromatic heterocycles. The molecule has 2 rings (SSSR count). The third kappa shape index (κ3) is 2.81. The quantitative estimate of drug-likeness (QED) is 0.785.